The number of ether oxygens (including phenoxy) is 4. The fraction of sp³-hybridized carbons (Fsp3) is 0.200. The Morgan fingerprint density at radius 1 is 1.18 bits per heavy atom. The molecule has 0 fully saturated rings. The van der Waals surface area contributed by atoms with E-state index in [0.29, 0.717) is 16.9 Å². The van der Waals surface area contributed by atoms with Crippen molar-refractivity contribution in [3.8, 4) is 17.2 Å². The molecule has 1 heterocycles. The predicted octanol–water partition coefficient (Wildman–Crippen LogP) is 4.04. The molecule has 1 aliphatic heterocycles. The van der Waals surface area contributed by atoms with Crippen LogP contribution in [0, 0.1) is 0 Å². The van der Waals surface area contributed by atoms with Gasteiger partial charge in [0.15, 0.2) is 17.2 Å². The van der Waals surface area contributed by atoms with E-state index in [2.05, 4.69) is 9.73 Å². The Balaban J connectivity index is 1.90. The first-order valence-corrected chi connectivity index (χ1v) is 8.38. The van der Waals surface area contributed by atoms with Gasteiger partial charge in [-0.1, -0.05) is 12.1 Å². The Hall–Kier alpha value is -3.42. The molecule has 0 amide bonds. The van der Waals surface area contributed by atoms with Crippen LogP contribution in [-0.4, -0.2) is 32.2 Å². The summed E-state index contributed by atoms with van der Waals surface area (Å²) < 4.78 is 45.1. The van der Waals surface area contributed by atoms with E-state index in [1.54, 1.807) is 31.2 Å². The number of alkyl halides is 2. The van der Waals surface area contributed by atoms with Gasteiger partial charge in [0, 0.05) is 5.56 Å². The van der Waals surface area contributed by atoms with Gasteiger partial charge in [0.1, 0.15) is 5.75 Å². The lowest BCUT2D eigenvalue weighted by molar-refractivity contribution is -0.129. The predicted molar refractivity (Wildman–Crippen MR) is 97.8 cm³/mol. The molecule has 0 spiro atoms. The van der Waals surface area contributed by atoms with Gasteiger partial charge in [0.25, 0.3) is 0 Å². The Bertz CT molecular complexity index is 940. The van der Waals surface area contributed by atoms with E-state index in [1.165, 1.54) is 31.4 Å². The first-order valence-electron chi connectivity index (χ1n) is 8.38. The second-order valence-corrected chi connectivity index (χ2v) is 5.59. The molecule has 0 atom stereocenters. The lowest BCUT2D eigenvalue weighted by Crippen LogP contribution is -2.05. The summed E-state index contributed by atoms with van der Waals surface area (Å²) in [5, 5.41) is 0. The molecule has 2 aromatic rings. The highest BCUT2D eigenvalue weighted by atomic mass is 19.3. The van der Waals surface area contributed by atoms with Gasteiger partial charge in [-0.3, -0.25) is 0 Å². The third-order valence-electron chi connectivity index (χ3n) is 3.72. The second kappa shape index (κ2) is 8.51. The number of halogens is 2. The normalized spacial score (nSPS) is 14.8. The van der Waals surface area contributed by atoms with Crippen molar-refractivity contribution in [3.05, 3.63) is 59.3 Å². The van der Waals surface area contributed by atoms with E-state index in [-0.39, 0.29) is 29.7 Å². The Labute approximate surface area is 160 Å². The van der Waals surface area contributed by atoms with Crippen molar-refractivity contribution in [2.24, 2.45) is 4.99 Å². The first-order chi connectivity index (χ1) is 13.5. The molecule has 0 saturated carbocycles. The summed E-state index contributed by atoms with van der Waals surface area (Å²) in [6.45, 7) is -0.987. The molecular formula is C20H17F2NO5. The molecule has 28 heavy (non-hydrogen) atoms. The smallest absolute Gasteiger partial charge is 0.387 e. The van der Waals surface area contributed by atoms with Crippen LogP contribution in [0.3, 0.4) is 0 Å². The third kappa shape index (κ3) is 4.46. The van der Waals surface area contributed by atoms with E-state index < -0.39 is 12.6 Å². The van der Waals surface area contributed by atoms with Crippen molar-refractivity contribution in [3.63, 3.8) is 0 Å². The highest BCUT2D eigenvalue weighted by molar-refractivity contribution is 6.13. The molecule has 0 aromatic heterocycles. The van der Waals surface area contributed by atoms with Crippen molar-refractivity contribution in [2.75, 3.05) is 13.7 Å². The molecule has 0 saturated heterocycles. The summed E-state index contributed by atoms with van der Waals surface area (Å²) >= 11 is 0. The molecule has 8 heteroatoms. The van der Waals surface area contributed by atoms with E-state index in [1.807, 2.05) is 0 Å². The highest BCUT2D eigenvalue weighted by Crippen LogP contribution is 2.31. The molecule has 1 aliphatic rings. The maximum Gasteiger partial charge on any atom is 0.387 e. The molecule has 6 nitrogen and oxygen atoms in total. The van der Waals surface area contributed by atoms with Crippen molar-refractivity contribution in [1.29, 1.82) is 0 Å². The van der Waals surface area contributed by atoms with E-state index >= 15 is 0 Å². The quantitative estimate of drug-likeness (QED) is 0.528. The number of nitrogens with zero attached hydrogens (tertiary/aromatic N) is 1. The standard InChI is InChI=1S/C20H17F2NO5/c1-3-26-17-10-12(7-8-16(17)27-20(21)22)9-15-19(24)28-18(23-15)13-5-4-6-14(11-13)25-2/h4-11,20H,3H2,1-2H3/b15-9-. The number of rotatable bonds is 7. The average Bonchev–Trinajstić information content (AvgIpc) is 3.04. The fourth-order valence-electron chi connectivity index (χ4n) is 2.52. The minimum absolute atomic E-state index is 0.0720. The van der Waals surface area contributed by atoms with Gasteiger partial charge in [-0.25, -0.2) is 9.79 Å². The molecule has 0 N–H and O–H groups in total. The topological polar surface area (TPSA) is 66.3 Å². The molecule has 0 unspecified atom stereocenters. The van der Waals surface area contributed by atoms with Crippen LogP contribution in [0.25, 0.3) is 6.08 Å². The number of hydrogen-bond donors (Lipinski definition) is 0. The van der Waals surface area contributed by atoms with Crippen molar-refractivity contribution < 1.29 is 32.5 Å². The van der Waals surface area contributed by atoms with Gasteiger partial charge in [-0.15, -0.1) is 0 Å². The summed E-state index contributed by atoms with van der Waals surface area (Å²) in [7, 11) is 1.53. The van der Waals surface area contributed by atoms with Crippen molar-refractivity contribution in [2.45, 2.75) is 13.5 Å². The number of carbonyl (C=O) groups excluding carboxylic acids is 1. The van der Waals surface area contributed by atoms with Crippen LogP contribution in [0.1, 0.15) is 18.1 Å². The van der Waals surface area contributed by atoms with E-state index in [0.717, 1.165) is 0 Å². The maximum absolute atomic E-state index is 12.5. The zero-order valence-electron chi connectivity index (χ0n) is 15.1. The Kier molecular flexibility index (Phi) is 5.88. The van der Waals surface area contributed by atoms with Crippen LogP contribution < -0.4 is 14.2 Å². The van der Waals surface area contributed by atoms with E-state index in [9.17, 15) is 13.6 Å². The van der Waals surface area contributed by atoms with Crippen LogP contribution in [0.2, 0.25) is 0 Å². The summed E-state index contributed by atoms with van der Waals surface area (Å²) in [4.78, 5) is 16.4. The van der Waals surface area contributed by atoms with Crippen LogP contribution in [0.15, 0.2) is 53.2 Å². The molecule has 0 bridgehead atoms. The highest BCUT2D eigenvalue weighted by Gasteiger charge is 2.24. The molecular weight excluding hydrogens is 372 g/mol. The second-order valence-electron chi connectivity index (χ2n) is 5.59. The van der Waals surface area contributed by atoms with Gasteiger partial charge in [0.05, 0.1) is 13.7 Å². The summed E-state index contributed by atoms with van der Waals surface area (Å²) in [5.41, 5.74) is 1.18. The largest absolute Gasteiger partial charge is 0.497 e. The molecule has 146 valence electrons. The molecule has 0 aliphatic carbocycles. The van der Waals surface area contributed by atoms with Crippen LogP contribution in [0.4, 0.5) is 8.78 Å². The number of benzene rings is 2. The Morgan fingerprint density at radius 2 is 2.00 bits per heavy atom. The lowest BCUT2D eigenvalue weighted by Gasteiger charge is -2.11. The van der Waals surface area contributed by atoms with Crippen molar-refractivity contribution in [1.82, 2.24) is 0 Å². The van der Waals surface area contributed by atoms with Gasteiger partial charge < -0.3 is 18.9 Å². The lowest BCUT2D eigenvalue weighted by atomic mass is 10.1. The minimum Gasteiger partial charge on any atom is -0.497 e. The number of aliphatic imine (C=N–C) groups is 1. The van der Waals surface area contributed by atoms with Gasteiger partial charge in [0.2, 0.25) is 5.90 Å². The molecule has 2 aromatic carbocycles. The molecule has 0 radical (unpaired) electrons. The summed E-state index contributed by atoms with van der Waals surface area (Å²) in [6, 6.07) is 11.3. The number of carbonyl (C=O) groups is 1. The first kappa shape index (κ1) is 19.3. The molecule has 3 rings (SSSR count). The fourth-order valence-corrected chi connectivity index (χ4v) is 2.52. The van der Waals surface area contributed by atoms with Gasteiger partial charge in [-0.2, -0.15) is 8.78 Å². The maximum atomic E-state index is 12.5. The van der Waals surface area contributed by atoms with Crippen LogP contribution >= 0.6 is 0 Å². The third-order valence-corrected chi connectivity index (χ3v) is 3.72. The average molecular weight is 389 g/mol. The van der Waals surface area contributed by atoms with Gasteiger partial charge in [-0.05, 0) is 48.9 Å². The Morgan fingerprint density at radius 3 is 2.71 bits per heavy atom. The van der Waals surface area contributed by atoms with Crippen molar-refractivity contribution >= 4 is 17.9 Å². The van der Waals surface area contributed by atoms with Gasteiger partial charge >= 0.3 is 12.6 Å². The zero-order valence-corrected chi connectivity index (χ0v) is 15.1. The van der Waals surface area contributed by atoms with Crippen LogP contribution in [0.5, 0.6) is 17.2 Å². The number of methoxy groups -OCH3 is 1. The minimum atomic E-state index is -2.97. The summed E-state index contributed by atoms with van der Waals surface area (Å²) in [6.07, 6.45) is 1.48. The number of cyclic esters (lactones) is 1. The zero-order chi connectivity index (χ0) is 20.1. The van der Waals surface area contributed by atoms with Crippen LogP contribution in [-0.2, 0) is 9.53 Å². The van der Waals surface area contributed by atoms with E-state index in [4.69, 9.17) is 14.2 Å². The monoisotopic (exact) mass is 389 g/mol. The SMILES string of the molecule is CCOc1cc(/C=C2\N=C(c3cccc(OC)c3)OC2=O)ccc1OC(F)F. The number of hydrogen-bond acceptors (Lipinski definition) is 6. The number of esters is 1. The summed E-state index contributed by atoms with van der Waals surface area (Å²) in [5.74, 6) is 0.181.